The van der Waals surface area contributed by atoms with Crippen LogP contribution in [0.15, 0.2) is 86.5 Å². The molecule has 1 unspecified atom stereocenters. The van der Waals surface area contributed by atoms with Gasteiger partial charge >= 0.3 is 5.97 Å². The van der Waals surface area contributed by atoms with Gasteiger partial charge < -0.3 is 14.5 Å². The van der Waals surface area contributed by atoms with E-state index in [1.807, 2.05) is 30.3 Å². The molecule has 7 heteroatoms. The van der Waals surface area contributed by atoms with Crippen LogP contribution in [0, 0.1) is 0 Å². The molecule has 0 saturated heterocycles. The van der Waals surface area contributed by atoms with Gasteiger partial charge in [0.1, 0.15) is 12.2 Å². The van der Waals surface area contributed by atoms with Crippen molar-refractivity contribution in [2.24, 2.45) is 0 Å². The summed E-state index contributed by atoms with van der Waals surface area (Å²) in [6, 6.07) is 14.1. The lowest BCUT2D eigenvalue weighted by Gasteiger charge is -2.33. The fraction of sp³-hybridized carbons (Fsp3) is 0.222. The van der Waals surface area contributed by atoms with Gasteiger partial charge in [-0.15, -0.1) is 0 Å². The number of ether oxygens (including phenoxy) is 1. The number of halogens is 1. The van der Waals surface area contributed by atoms with Gasteiger partial charge in [0.15, 0.2) is 11.2 Å². The molecular weight excluding hydrogens is 454 g/mol. The van der Waals surface area contributed by atoms with Crippen molar-refractivity contribution < 1.29 is 18.7 Å². The van der Waals surface area contributed by atoms with E-state index in [1.54, 1.807) is 19.1 Å². The lowest BCUT2D eigenvalue weighted by molar-refractivity contribution is -0.140. The minimum absolute atomic E-state index is 0.0744. The van der Waals surface area contributed by atoms with E-state index in [4.69, 9.17) is 20.8 Å². The molecule has 1 aliphatic heterocycles. The topological polar surface area (TPSA) is 85.6 Å². The van der Waals surface area contributed by atoms with Gasteiger partial charge in [-0.1, -0.05) is 41.9 Å². The number of benzene rings is 2. The molecule has 0 radical (unpaired) electrons. The number of fused-ring (bicyclic) bond motifs is 1. The van der Waals surface area contributed by atoms with Crippen molar-refractivity contribution in [2.45, 2.75) is 38.7 Å². The van der Waals surface area contributed by atoms with Crippen LogP contribution in [0.2, 0.25) is 5.02 Å². The molecule has 2 aliphatic rings. The van der Waals surface area contributed by atoms with Gasteiger partial charge in [0.25, 0.3) is 0 Å². The molecule has 34 heavy (non-hydrogen) atoms. The van der Waals surface area contributed by atoms with Crippen LogP contribution in [-0.4, -0.2) is 11.8 Å². The van der Waals surface area contributed by atoms with Crippen molar-refractivity contribution in [1.82, 2.24) is 5.32 Å². The summed E-state index contributed by atoms with van der Waals surface area (Å²) < 4.78 is 11.4. The first-order valence-electron chi connectivity index (χ1n) is 11.1. The van der Waals surface area contributed by atoms with E-state index in [2.05, 4.69) is 5.32 Å². The summed E-state index contributed by atoms with van der Waals surface area (Å²) in [6.07, 6.45) is 3.07. The normalized spacial score (nSPS) is 18.1. The number of nitrogens with one attached hydrogen (secondary N) is 1. The van der Waals surface area contributed by atoms with Gasteiger partial charge in [0.05, 0.1) is 23.1 Å². The second-order valence-electron chi connectivity index (χ2n) is 8.49. The van der Waals surface area contributed by atoms with Gasteiger partial charge in [-0.25, -0.2) is 4.79 Å². The Balaban J connectivity index is 1.63. The number of allylic oxidation sites excluding steroid dienone is 3. The van der Waals surface area contributed by atoms with Crippen LogP contribution in [-0.2, 0) is 20.9 Å². The predicted molar refractivity (Wildman–Crippen MR) is 128 cm³/mol. The second-order valence-corrected chi connectivity index (χ2v) is 8.92. The van der Waals surface area contributed by atoms with E-state index in [0.29, 0.717) is 46.5 Å². The Labute approximate surface area is 200 Å². The molecule has 6 nitrogen and oxygen atoms in total. The minimum atomic E-state index is -0.882. The Morgan fingerprint density at radius 3 is 2.74 bits per heavy atom. The standard InChI is InChI=1S/C27H22ClNO5/c1-15-23(27(32)34-13-16-6-3-2-4-7-16)24(25-20(29-15)8-5-9-21(25)30)19-14-33-22-11-10-17(28)12-18(22)26(19)31/h2-4,6-7,10-12,14,24,29H,5,8-9,13H2,1H3. The highest BCUT2D eigenvalue weighted by Gasteiger charge is 2.40. The van der Waals surface area contributed by atoms with Crippen LogP contribution in [0.25, 0.3) is 11.0 Å². The molecule has 2 aromatic carbocycles. The van der Waals surface area contributed by atoms with E-state index in [1.165, 1.54) is 12.3 Å². The molecule has 1 N–H and O–H groups in total. The Hall–Kier alpha value is -3.64. The largest absolute Gasteiger partial charge is 0.464 e. The predicted octanol–water partition coefficient (Wildman–Crippen LogP) is 5.16. The quantitative estimate of drug-likeness (QED) is 0.525. The average Bonchev–Trinajstić information content (AvgIpc) is 2.83. The summed E-state index contributed by atoms with van der Waals surface area (Å²) >= 11 is 6.13. The Morgan fingerprint density at radius 1 is 1.15 bits per heavy atom. The third-order valence-electron chi connectivity index (χ3n) is 6.28. The summed E-state index contributed by atoms with van der Waals surface area (Å²) in [5.41, 5.74) is 3.06. The SMILES string of the molecule is CC1=C(C(=O)OCc2ccccc2)C(c2coc3ccc(Cl)cc3c2=O)C2=C(CCCC2=O)N1. The summed E-state index contributed by atoms with van der Waals surface area (Å²) in [5.74, 6) is -1.56. The first-order chi connectivity index (χ1) is 16.4. The second kappa shape index (κ2) is 8.95. The van der Waals surface area contributed by atoms with E-state index >= 15 is 0 Å². The van der Waals surface area contributed by atoms with Crippen molar-refractivity contribution in [1.29, 1.82) is 0 Å². The average molecular weight is 476 g/mol. The molecule has 3 aromatic rings. The molecule has 1 aliphatic carbocycles. The summed E-state index contributed by atoms with van der Waals surface area (Å²) in [6.45, 7) is 1.83. The van der Waals surface area contributed by atoms with Crippen molar-refractivity contribution in [3.8, 4) is 0 Å². The lowest BCUT2D eigenvalue weighted by Crippen LogP contribution is -2.36. The number of rotatable bonds is 4. The fourth-order valence-corrected chi connectivity index (χ4v) is 4.86. The van der Waals surface area contributed by atoms with E-state index in [-0.39, 0.29) is 29.0 Å². The van der Waals surface area contributed by atoms with Gasteiger partial charge in [-0.2, -0.15) is 0 Å². The zero-order valence-corrected chi connectivity index (χ0v) is 19.3. The smallest absolute Gasteiger partial charge is 0.337 e. The van der Waals surface area contributed by atoms with Gasteiger partial charge in [-0.3, -0.25) is 9.59 Å². The Morgan fingerprint density at radius 2 is 1.94 bits per heavy atom. The maximum absolute atomic E-state index is 13.6. The molecular formula is C27H22ClNO5. The molecule has 0 amide bonds. The van der Waals surface area contributed by atoms with E-state index in [9.17, 15) is 14.4 Å². The summed E-state index contributed by atoms with van der Waals surface area (Å²) in [5, 5.41) is 3.92. The molecule has 0 bridgehead atoms. The Bertz CT molecular complexity index is 1430. The minimum Gasteiger partial charge on any atom is -0.464 e. The lowest BCUT2D eigenvalue weighted by atomic mass is 9.75. The monoisotopic (exact) mass is 475 g/mol. The fourth-order valence-electron chi connectivity index (χ4n) is 4.68. The van der Waals surface area contributed by atoms with Gasteiger partial charge in [-0.05, 0) is 43.5 Å². The third-order valence-corrected chi connectivity index (χ3v) is 6.52. The number of ketones is 1. The van der Waals surface area contributed by atoms with Crippen molar-refractivity contribution >= 4 is 34.3 Å². The van der Waals surface area contributed by atoms with E-state index < -0.39 is 11.9 Å². The Kier molecular flexibility index (Phi) is 5.84. The third kappa shape index (κ3) is 3.94. The summed E-state index contributed by atoms with van der Waals surface area (Å²) in [7, 11) is 0. The number of esters is 1. The van der Waals surface area contributed by atoms with Crippen LogP contribution in [0.4, 0.5) is 0 Å². The number of carbonyl (C=O) groups excluding carboxylic acids is 2. The molecule has 5 rings (SSSR count). The highest BCUT2D eigenvalue weighted by molar-refractivity contribution is 6.31. The zero-order chi connectivity index (χ0) is 23.8. The van der Waals surface area contributed by atoms with Gasteiger partial charge in [0.2, 0.25) is 0 Å². The molecule has 1 aromatic heterocycles. The highest BCUT2D eigenvalue weighted by atomic mass is 35.5. The molecule has 172 valence electrons. The number of dihydropyridines is 1. The number of hydrogen-bond acceptors (Lipinski definition) is 6. The molecule has 0 saturated carbocycles. The maximum Gasteiger partial charge on any atom is 0.337 e. The first-order valence-corrected chi connectivity index (χ1v) is 11.5. The number of carbonyl (C=O) groups is 2. The van der Waals surface area contributed by atoms with Crippen LogP contribution >= 0.6 is 11.6 Å². The molecule has 0 spiro atoms. The van der Waals surface area contributed by atoms with Crippen molar-refractivity contribution in [2.75, 3.05) is 0 Å². The summed E-state index contributed by atoms with van der Waals surface area (Å²) in [4.78, 5) is 40.0. The maximum atomic E-state index is 13.6. The molecule has 0 fully saturated rings. The first kappa shape index (κ1) is 22.2. The van der Waals surface area contributed by atoms with Crippen LogP contribution < -0.4 is 10.7 Å². The van der Waals surface area contributed by atoms with Gasteiger partial charge in [0, 0.05) is 34.0 Å². The van der Waals surface area contributed by atoms with E-state index in [0.717, 1.165) is 11.3 Å². The van der Waals surface area contributed by atoms with Crippen LogP contribution in [0.3, 0.4) is 0 Å². The molecule has 1 atom stereocenters. The number of Topliss-reactive ketones (excluding diaryl/α,β-unsaturated/α-hetero) is 1. The van der Waals surface area contributed by atoms with Crippen LogP contribution in [0.1, 0.15) is 43.2 Å². The van der Waals surface area contributed by atoms with Crippen molar-refractivity contribution in [3.05, 3.63) is 104 Å². The van der Waals surface area contributed by atoms with Crippen molar-refractivity contribution in [3.63, 3.8) is 0 Å². The number of hydrogen-bond donors (Lipinski definition) is 1. The molecule has 2 heterocycles. The van der Waals surface area contributed by atoms with Crippen LogP contribution in [0.5, 0.6) is 0 Å². The zero-order valence-electron chi connectivity index (χ0n) is 18.5. The highest BCUT2D eigenvalue weighted by Crippen LogP contribution is 2.42.